The lowest BCUT2D eigenvalue weighted by molar-refractivity contribution is -0.116. The van der Waals surface area contributed by atoms with Crippen molar-refractivity contribution in [2.45, 2.75) is 20.4 Å². The van der Waals surface area contributed by atoms with Crippen LogP contribution in [0.15, 0.2) is 47.5 Å². The summed E-state index contributed by atoms with van der Waals surface area (Å²) < 4.78 is 4.50. The van der Waals surface area contributed by atoms with Gasteiger partial charge in [0.1, 0.15) is 6.54 Å². The summed E-state index contributed by atoms with van der Waals surface area (Å²) in [6.07, 6.45) is 3.39. The van der Waals surface area contributed by atoms with E-state index in [9.17, 15) is 9.59 Å². The third-order valence-electron chi connectivity index (χ3n) is 4.40. The summed E-state index contributed by atoms with van der Waals surface area (Å²) >= 11 is 0. The molecule has 0 aliphatic rings. The highest BCUT2D eigenvalue weighted by Gasteiger charge is 2.16. The van der Waals surface area contributed by atoms with Gasteiger partial charge in [0.15, 0.2) is 5.82 Å². The maximum absolute atomic E-state index is 12.5. The summed E-state index contributed by atoms with van der Waals surface area (Å²) in [6.45, 7) is 3.75. The Kier molecular flexibility index (Phi) is 4.26. The van der Waals surface area contributed by atoms with Gasteiger partial charge in [-0.25, -0.2) is 0 Å². The van der Waals surface area contributed by atoms with Gasteiger partial charge in [0, 0.05) is 30.7 Å². The number of amides is 1. The number of carbonyl (C=O) groups excluding carboxylic acids is 1. The van der Waals surface area contributed by atoms with E-state index < -0.39 is 0 Å². The summed E-state index contributed by atoms with van der Waals surface area (Å²) in [5, 5.41) is 11.2. The van der Waals surface area contributed by atoms with Crippen LogP contribution in [0.3, 0.4) is 0 Å². The van der Waals surface area contributed by atoms with Crippen molar-refractivity contribution in [2.75, 3.05) is 5.32 Å². The predicted octanol–water partition coefficient (Wildman–Crippen LogP) is 1.55. The molecule has 1 amide bonds. The number of aromatic nitrogens is 6. The first-order chi connectivity index (χ1) is 13.4. The Hall–Kier alpha value is -3.75. The molecular formula is C19H19N7O2. The summed E-state index contributed by atoms with van der Waals surface area (Å²) in [5.41, 5.74) is 2.84. The van der Waals surface area contributed by atoms with Crippen LogP contribution in [-0.4, -0.2) is 34.9 Å². The van der Waals surface area contributed by atoms with E-state index in [-0.39, 0.29) is 18.0 Å². The summed E-state index contributed by atoms with van der Waals surface area (Å²) in [7, 11) is 1.79. The number of rotatable bonds is 4. The van der Waals surface area contributed by atoms with Gasteiger partial charge in [0.05, 0.1) is 11.8 Å². The quantitative estimate of drug-likeness (QED) is 0.582. The lowest BCUT2D eigenvalue weighted by Crippen LogP contribution is -2.25. The van der Waals surface area contributed by atoms with Crippen LogP contribution in [0, 0.1) is 13.8 Å². The van der Waals surface area contributed by atoms with Gasteiger partial charge in [-0.3, -0.25) is 14.3 Å². The van der Waals surface area contributed by atoms with Crippen LogP contribution >= 0.6 is 0 Å². The van der Waals surface area contributed by atoms with Crippen LogP contribution < -0.4 is 10.9 Å². The third-order valence-corrected chi connectivity index (χ3v) is 4.40. The van der Waals surface area contributed by atoms with Crippen molar-refractivity contribution in [3.05, 3.63) is 64.3 Å². The Balaban J connectivity index is 1.69. The fraction of sp³-hybridized carbons (Fsp3) is 0.211. The first-order valence-electron chi connectivity index (χ1n) is 8.73. The second-order valence-corrected chi connectivity index (χ2v) is 6.67. The maximum atomic E-state index is 12.5. The molecule has 3 heterocycles. The van der Waals surface area contributed by atoms with E-state index in [0.717, 1.165) is 5.56 Å². The molecule has 4 aromatic rings. The second kappa shape index (κ2) is 6.76. The van der Waals surface area contributed by atoms with Gasteiger partial charge in [-0.05, 0) is 26.0 Å². The van der Waals surface area contributed by atoms with E-state index in [1.54, 1.807) is 35.6 Å². The number of fused-ring (bicyclic) bond motifs is 1. The first kappa shape index (κ1) is 17.7. The molecule has 0 saturated heterocycles. The molecule has 142 valence electrons. The normalized spacial score (nSPS) is 11.1. The molecule has 3 aromatic heterocycles. The second-order valence-electron chi connectivity index (χ2n) is 6.67. The van der Waals surface area contributed by atoms with Crippen molar-refractivity contribution in [1.29, 1.82) is 0 Å². The first-order valence-corrected chi connectivity index (χ1v) is 8.73. The molecule has 0 unspecified atom stereocenters. The summed E-state index contributed by atoms with van der Waals surface area (Å²) in [4.78, 5) is 29.4. The van der Waals surface area contributed by atoms with Crippen LogP contribution in [-0.2, 0) is 18.4 Å². The number of benzene rings is 1. The average Bonchev–Trinajstić information content (AvgIpc) is 3.27. The van der Waals surface area contributed by atoms with Crippen LogP contribution in [0.2, 0.25) is 0 Å². The average molecular weight is 377 g/mol. The Labute approximate surface area is 160 Å². The van der Waals surface area contributed by atoms with Crippen molar-refractivity contribution < 1.29 is 4.79 Å². The highest BCUT2D eigenvalue weighted by Crippen LogP contribution is 2.15. The molecule has 0 fully saturated rings. The molecule has 1 aromatic carbocycles. The molecule has 0 aliphatic heterocycles. The lowest BCUT2D eigenvalue weighted by Gasteiger charge is -2.11. The third kappa shape index (κ3) is 3.29. The molecule has 9 heteroatoms. The number of hydrogen-bond acceptors (Lipinski definition) is 5. The Morgan fingerprint density at radius 3 is 2.61 bits per heavy atom. The fourth-order valence-corrected chi connectivity index (χ4v) is 2.94. The van der Waals surface area contributed by atoms with E-state index in [2.05, 4.69) is 20.5 Å². The minimum atomic E-state index is -0.301. The molecule has 0 aliphatic carbocycles. The number of aryl methyl sites for hydroxylation is 3. The maximum Gasteiger partial charge on any atom is 0.275 e. The van der Waals surface area contributed by atoms with Gasteiger partial charge in [-0.15, -0.1) is 5.10 Å². The Morgan fingerprint density at radius 2 is 1.93 bits per heavy atom. The van der Waals surface area contributed by atoms with E-state index in [0.29, 0.717) is 28.5 Å². The minimum absolute atomic E-state index is 0.00859. The van der Waals surface area contributed by atoms with Gasteiger partial charge in [-0.2, -0.15) is 14.6 Å². The zero-order valence-electron chi connectivity index (χ0n) is 15.7. The Bertz CT molecular complexity index is 1230. The number of carbonyl (C=O) groups is 1. The summed E-state index contributed by atoms with van der Waals surface area (Å²) in [5.74, 6) is 0.467. The topological polar surface area (TPSA) is 99.1 Å². The zero-order chi connectivity index (χ0) is 19.8. The van der Waals surface area contributed by atoms with Crippen molar-refractivity contribution in [3.63, 3.8) is 0 Å². The lowest BCUT2D eigenvalue weighted by atomic mass is 10.2. The van der Waals surface area contributed by atoms with Gasteiger partial charge < -0.3 is 9.88 Å². The molecule has 0 bridgehead atoms. The highest BCUT2D eigenvalue weighted by molar-refractivity contribution is 5.90. The predicted molar refractivity (Wildman–Crippen MR) is 104 cm³/mol. The molecule has 0 saturated carbocycles. The molecule has 4 rings (SSSR count). The number of nitrogens with one attached hydrogen (secondary N) is 1. The smallest absolute Gasteiger partial charge is 0.275 e. The van der Waals surface area contributed by atoms with E-state index in [1.165, 1.54) is 10.6 Å². The van der Waals surface area contributed by atoms with Gasteiger partial charge in [-0.1, -0.05) is 17.7 Å². The molecule has 0 spiro atoms. The standard InChI is InChI=1S/C19H19N7O2/c1-12-4-6-15(7-5-12)21-16(27)11-25-13(2)8-17(28)26-19(25)22-18(23-26)14-9-20-24(3)10-14/h4-10H,11H2,1-3H3,(H,21,27). The fourth-order valence-electron chi connectivity index (χ4n) is 2.94. The van der Waals surface area contributed by atoms with Crippen molar-refractivity contribution >= 4 is 17.4 Å². The minimum Gasteiger partial charge on any atom is -0.325 e. The van der Waals surface area contributed by atoms with Gasteiger partial charge in [0.25, 0.3) is 5.56 Å². The number of anilines is 1. The number of hydrogen-bond donors (Lipinski definition) is 1. The van der Waals surface area contributed by atoms with Gasteiger partial charge in [0.2, 0.25) is 11.7 Å². The van der Waals surface area contributed by atoms with Crippen LogP contribution in [0.25, 0.3) is 17.2 Å². The molecule has 1 N–H and O–H groups in total. The molecule has 0 radical (unpaired) electrons. The highest BCUT2D eigenvalue weighted by atomic mass is 16.2. The van der Waals surface area contributed by atoms with E-state index >= 15 is 0 Å². The SMILES string of the molecule is Cc1ccc(NC(=O)Cn2c(C)cc(=O)n3nc(-c4cnn(C)c4)nc23)cc1. The monoisotopic (exact) mass is 377 g/mol. The zero-order valence-corrected chi connectivity index (χ0v) is 15.7. The molecular weight excluding hydrogens is 358 g/mol. The van der Waals surface area contributed by atoms with Crippen molar-refractivity contribution in [2.24, 2.45) is 7.05 Å². The van der Waals surface area contributed by atoms with Crippen LogP contribution in [0.5, 0.6) is 0 Å². The van der Waals surface area contributed by atoms with Crippen LogP contribution in [0.4, 0.5) is 5.69 Å². The molecule has 9 nitrogen and oxygen atoms in total. The Morgan fingerprint density at radius 1 is 1.18 bits per heavy atom. The number of nitrogens with zero attached hydrogens (tertiary/aromatic N) is 6. The van der Waals surface area contributed by atoms with Crippen molar-refractivity contribution in [1.82, 2.24) is 28.9 Å². The molecule has 0 atom stereocenters. The van der Waals surface area contributed by atoms with Crippen LogP contribution in [0.1, 0.15) is 11.3 Å². The molecule has 28 heavy (non-hydrogen) atoms. The summed E-state index contributed by atoms with van der Waals surface area (Å²) in [6, 6.07) is 8.99. The largest absolute Gasteiger partial charge is 0.325 e. The van der Waals surface area contributed by atoms with Gasteiger partial charge >= 0.3 is 0 Å². The van der Waals surface area contributed by atoms with E-state index in [1.807, 2.05) is 31.2 Å². The van der Waals surface area contributed by atoms with E-state index in [4.69, 9.17) is 0 Å². The van der Waals surface area contributed by atoms with Crippen molar-refractivity contribution in [3.8, 4) is 11.4 Å².